The van der Waals surface area contributed by atoms with Gasteiger partial charge in [-0.1, -0.05) is 11.6 Å². The van der Waals surface area contributed by atoms with Gasteiger partial charge in [0.15, 0.2) is 5.15 Å². The molecule has 2 aromatic rings. The molecule has 0 atom stereocenters. The summed E-state index contributed by atoms with van der Waals surface area (Å²) >= 11 is 5.89. The highest BCUT2D eigenvalue weighted by Crippen LogP contribution is 2.21. The van der Waals surface area contributed by atoms with E-state index in [0.717, 1.165) is 5.69 Å². The third kappa shape index (κ3) is 2.30. The lowest BCUT2D eigenvalue weighted by Gasteiger charge is -1.99. The molecule has 84 valence electrons. The van der Waals surface area contributed by atoms with Gasteiger partial charge in [0.2, 0.25) is 0 Å². The molecule has 0 aliphatic rings. The molecule has 0 aromatic carbocycles. The molecule has 0 saturated carbocycles. The average Bonchev–Trinajstić information content (AvgIpc) is 2.69. The Hall–Kier alpha value is -1.62. The molecule has 0 bridgehead atoms. The molecule has 0 saturated heterocycles. The van der Waals surface area contributed by atoms with E-state index in [9.17, 15) is 4.39 Å². The number of nitrogens with zero attached hydrogens (tertiary/aromatic N) is 3. The highest BCUT2D eigenvalue weighted by atomic mass is 35.5. The van der Waals surface area contributed by atoms with Crippen LogP contribution in [0.15, 0.2) is 30.7 Å². The summed E-state index contributed by atoms with van der Waals surface area (Å²) in [6.45, 7) is -0.229. The topological polar surface area (TPSA) is 42.7 Å². The average molecular weight is 241 g/mol. The van der Waals surface area contributed by atoms with E-state index in [1.165, 1.54) is 0 Å². The van der Waals surface area contributed by atoms with E-state index in [1.807, 2.05) is 6.07 Å². The summed E-state index contributed by atoms with van der Waals surface area (Å²) in [6, 6.07) is 3.66. The van der Waals surface area contributed by atoms with Gasteiger partial charge in [0, 0.05) is 12.7 Å². The Balaban J connectivity index is 2.24. The molecule has 1 N–H and O–H groups in total. The fourth-order valence-corrected chi connectivity index (χ4v) is 1.47. The van der Waals surface area contributed by atoms with Crippen LogP contribution in [0.2, 0.25) is 5.15 Å². The van der Waals surface area contributed by atoms with E-state index >= 15 is 0 Å². The van der Waals surface area contributed by atoms with Crippen LogP contribution in [-0.2, 0) is 0 Å². The maximum absolute atomic E-state index is 12.0. The van der Waals surface area contributed by atoms with Crippen LogP contribution in [0.5, 0.6) is 0 Å². The zero-order chi connectivity index (χ0) is 11.4. The number of hydrogen-bond acceptors (Lipinski definition) is 3. The van der Waals surface area contributed by atoms with Crippen LogP contribution in [0, 0.1) is 0 Å². The zero-order valence-electron chi connectivity index (χ0n) is 8.40. The largest absolute Gasteiger partial charge is 0.379 e. The highest BCUT2D eigenvalue weighted by molar-refractivity contribution is 6.32. The molecule has 0 unspecified atom stereocenters. The Bertz CT molecular complexity index is 457. The lowest BCUT2D eigenvalue weighted by molar-refractivity contribution is 0.513. The summed E-state index contributed by atoms with van der Waals surface area (Å²) in [7, 11) is 0. The summed E-state index contributed by atoms with van der Waals surface area (Å²) < 4.78 is 13.6. The van der Waals surface area contributed by atoms with Gasteiger partial charge in [-0.15, -0.1) is 0 Å². The van der Waals surface area contributed by atoms with Crippen LogP contribution in [0.25, 0.3) is 5.69 Å². The molecule has 0 radical (unpaired) electrons. The van der Waals surface area contributed by atoms with E-state index in [-0.39, 0.29) is 6.54 Å². The van der Waals surface area contributed by atoms with Crippen molar-refractivity contribution in [1.82, 2.24) is 14.8 Å². The van der Waals surface area contributed by atoms with Gasteiger partial charge in [-0.05, 0) is 12.1 Å². The molecule has 0 fully saturated rings. The van der Waals surface area contributed by atoms with Crippen molar-refractivity contribution in [3.8, 4) is 5.69 Å². The Morgan fingerprint density at radius 1 is 1.50 bits per heavy atom. The summed E-state index contributed by atoms with van der Waals surface area (Å²) in [4.78, 5) is 3.98. The van der Waals surface area contributed by atoms with Crippen molar-refractivity contribution in [2.24, 2.45) is 0 Å². The van der Waals surface area contributed by atoms with Crippen LogP contribution < -0.4 is 5.32 Å². The second-order valence-corrected chi connectivity index (χ2v) is 3.46. The minimum absolute atomic E-state index is 0.221. The Kier molecular flexibility index (Phi) is 3.36. The van der Waals surface area contributed by atoms with Crippen LogP contribution in [0.4, 0.5) is 10.1 Å². The monoisotopic (exact) mass is 240 g/mol. The van der Waals surface area contributed by atoms with Gasteiger partial charge in [0.25, 0.3) is 0 Å². The zero-order valence-corrected chi connectivity index (χ0v) is 9.15. The first-order chi connectivity index (χ1) is 7.81. The van der Waals surface area contributed by atoms with Crippen molar-refractivity contribution >= 4 is 17.3 Å². The third-order valence-electron chi connectivity index (χ3n) is 1.99. The number of halogens is 2. The molecule has 2 heterocycles. The Labute approximate surface area is 97.1 Å². The number of nitrogens with one attached hydrogen (secondary N) is 1. The van der Waals surface area contributed by atoms with Gasteiger partial charge in [-0.3, -0.25) is 4.98 Å². The lowest BCUT2D eigenvalue weighted by Crippen LogP contribution is -2.02. The summed E-state index contributed by atoms with van der Waals surface area (Å²) in [5, 5.41) is 7.25. The number of anilines is 1. The van der Waals surface area contributed by atoms with Crippen molar-refractivity contribution in [2.45, 2.75) is 0 Å². The fourth-order valence-electron chi connectivity index (χ4n) is 1.27. The fraction of sp³-hybridized carbons (Fsp3) is 0.200. The quantitative estimate of drug-likeness (QED) is 0.892. The second kappa shape index (κ2) is 4.94. The lowest BCUT2D eigenvalue weighted by atomic mass is 10.4. The Morgan fingerprint density at radius 2 is 2.38 bits per heavy atom. The molecular weight excluding hydrogens is 231 g/mol. The summed E-state index contributed by atoms with van der Waals surface area (Å²) in [5.74, 6) is 0. The molecular formula is C10H10ClFN4. The minimum Gasteiger partial charge on any atom is -0.379 e. The van der Waals surface area contributed by atoms with Crippen LogP contribution >= 0.6 is 11.6 Å². The predicted molar refractivity (Wildman–Crippen MR) is 60.8 cm³/mol. The van der Waals surface area contributed by atoms with Gasteiger partial charge in [-0.2, -0.15) is 5.10 Å². The molecule has 2 aromatic heterocycles. The standard InChI is InChI=1S/C10H10ClFN4/c11-10-9(14-5-3-12)7-16(15-10)8-2-1-4-13-6-8/h1-2,4,6-7,14H,3,5H2. The molecule has 0 amide bonds. The first kappa shape index (κ1) is 10.9. The molecule has 0 aliphatic heterocycles. The number of pyridine rings is 1. The van der Waals surface area contributed by atoms with Gasteiger partial charge in [0.05, 0.1) is 23.8 Å². The van der Waals surface area contributed by atoms with Crippen LogP contribution in [-0.4, -0.2) is 28.0 Å². The SMILES string of the molecule is FCCNc1cn(-c2cccnc2)nc1Cl. The number of alkyl halides is 1. The number of aromatic nitrogens is 3. The number of rotatable bonds is 4. The third-order valence-corrected chi connectivity index (χ3v) is 2.27. The van der Waals surface area contributed by atoms with Crippen LogP contribution in [0.3, 0.4) is 0 Å². The van der Waals surface area contributed by atoms with Crippen molar-refractivity contribution in [3.05, 3.63) is 35.9 Å². The van der Waals surface area contributed by atoms with E-state index < -0.39 is 6.67 Å². The summed E-state index contributed by atoms with van der Waals surface area (Å²) in [6.07, 6.45) is 5.05. The van der Waals surface area contributed by atoms with Gasteiger partial charge < -0.3 is 5.32 Å². The number of hydrogen-bond donors (Lipinski definition) is 1. The highest BCUT2D eigenvalue weighted by Gasteiger charge is 2.07. The van der Waals surface area contributed by atoms with Crippen molar-refractivity contribution in [3.63, 3.8) is 0 Å². The Morgan fingerprint density at radius 3 is 3.06 bits per heavy atom. The molecule has 2 rings (SSSR count). The van der Waals surface area contributed by atoms with Crippen molar-refractivity contribution in [1.29, 1.82) is 0 Å². The van der Waals surface area contributed by atoms with E-state index in [4.69, 9.17) is 11.6 Å². The van der Waals surface area contributed by atoms with Crippen molar-refractivity contribution < 1.29 is 4.39 Å². The molecule has 6 heteroatoms. The molecule has 0 spiro atoms. The summed E-state index contributed by atoms with van der Waals surface area (Å²) in [5.41, 5.74) is 1.42. The normalized spacial score (nSPS) is 10.4. The van der Waals surface area contributed by atoms with Gasteiger partial charge >= 0.3 is 0 Å². The van der Waals surface area contributed by atoms with Gasteiger partial charge in [-0.25, -0.2) is 9.07 Å². The van der Waals surface area contributed by atoms with Crippen LogP contribution in [0.1, 0.15) is 0 Å². The van der Waals surface area contributed by atoms with E-state index in [1.54, 1.807) is 29.3 Å². The van der Waals surface area contributed by atoms with E-state index in [0.29, 0.717) is 10.8 Å². The molecule has 16 heavy (non-hydrogen) atoms. The molecule has 4 nitrogen and oxygen atoms in total. The van der Waals surface area contributed by atoms with Gasteiger partial charge in [0.1, 0.15) is 6.67 Å². The first-order valence-electron chi connectivity index (χ1n) is 4.76. The second-order valence-electron chi connectivity index (χ2n) is 3.11. The molecule has 0 aliphatic carbocycles. The maximum atomic E-state index is 12.0. The first-order valence-corrected chi connectivity index (χ1v) is 5.14. The van der Waals surface area contributed by atoms with Crippen molar-refractivity contribution in [2.75, 3.05) is 18.5 Å². The van der Waals surface area contributed by atoms with E-state index in [2.05, 4.69) is 15.4 Å². The smallest absolute Gasteiger partial charge is 0.174 e. The maximum Gasteiger partial charge on any atom is 0.174 e. The predicted octanol–water partition coefficient (Wildman–Crippen LogP) is 2.30. The minimum atomic E-state index is -0.450.